The number of piperazine rings is 1. The summed E-state index contributed by atoms with van der Waals surface area (Å²) in [4.78, 5) is 19.4. The summed E-state index contributed by atoms with van der Waals surface area (Å²) in [5.41, 5.74) is 0. The minimum absolute atomic E-state index is 0.00637. The van der Waals surface area contributed by atoms with Gasteiger partial charge in [0.05, 0.1) is 6.54 Å². The first kappa shape index (κ1) is 14.2. The van der Waals surface area contributed by atoms with Crippen LogP contribution in [0.15, 0.2) is 16.7 Å². The molecule has 0 spiro atoms. The Balaban J connectivity index is 1.99. The van der Waals surface area contributed by atoms with Crippen LogP contribution in [0.2, 0.25) is 0 Å². The van der Waals surface area contributed by atoms with Gasteiger partial charge in [0.1, 0.15) is 0 Å². The molecule has 5 nitrogen and oxygen atoms in total. The standard InChI is InChI=1S/C12H16BrFN4O/c1-17(12-10(14)6-9(13)7-16-12)8-11(19)18-4-2-15-3-5-18/h6-7,15H,2-5,8H2,1H3. The molecule has 2 rings (SSSR count). The molecule has 0 radical (unpaired) electrons. The second-order valence-electron chi connectivity index (χ2n) is 4.45. The van der Waals surface area contributed by atoms with Gasteiger partial charge in [-0.1, -0.05) is 0 Å². The van der Waals surface area contributed by atoms with Crippen molar-refractivity contribution >= 4 is 27.7 Å². The van der Waals surface area contributed by atoms with Gasteiger partial charge < -0.3 is 15.1 Å². The molecule has 0 saturated carbocycles. The van der Waals surface area contributed by atoms with E-state index >= 15 is 0 Å². The number of halogens is 2. The van der Waals surface area contributed by atoms with Crippen LogP contribution in [-0.4, -0.2) is 55.6 Å². The summed E-state index contributed by atoms with van der Waals surface area (Å²) in [5, 5.41) is 3.18. The molecule has 1 aliphatic heterocycles. The molecule has 19 heavy (non-hydrogen) atoms. The van der Waals surface area contributed by atoms with Crippen molar-refractivity contribution in [1.29, 1.82) is 0 Å². The number of carbonyl (C=O) groups excluding carboxylic acids is 1. The number of amides is 1. The van der Waals surface area contributed by atoms with Crippen molar-refractivity contribution in [2.24, 2.45) is 0 Å². The quantitative estimate of drug-likeness (QED) is 0.892. The molecule has 1 amide bonds. The van der Waals surface area contributed by atoms with Crippen molar-refractivity contribution in [2.45, 2.75) is 0 Å². The predicted octanol–water partition coefficient (Wildman–Crippen LogP) is 0.851. The Morgan fingerprint density at radius 2 is 2.26 bits per heavy atom. The Hall–Kier alpha value is -1.21. The zero-order chi connectivity index (χ0) is 13.8. The van der Waals surface area contributed by atoms with E-state index in [1.165, 1.54) is 17.2 Å². The van der Waals surface area contributed by atoms with Crippen LogP contribution >= 0.6 is 15.9 Å². The van der Waals surface area contributed by atoms with Crippen LogP contribution in [-0.2, 0) is 4.79 Å². The highest BCUT2D eigenvalue weighted by Crippen LogP contribution is 2.18. The summed E-state index contributed by atoms with van der Waals surface area (Å²) in [6.45, 7) is 3.14. The van der Waals surface area contributed by atoms with Crippen molar-refractivity contribution in [3.8, 4) is 0 Å². The molecule has 1 fully saturated rings. The van der Waals surface area contributed by atoms with Crippen molar-refractivity contribution in [3.05, 3.63) is 22.6 Å². The average molecular weight is 331 g/mol. The molecule has 2 heterocycles. The second-order valence-corrected chi connectivity index (χ2v) is 5.36. The molecule has 0 bridgehead atoms. The molecule has 0 unspecified atom stereocenters. The number of carbonyl (C=O) groups is 1. The number of anilines is 1. The fraction of sp³-hybridized carbons (Fsp3) is 0.500. The van der Waals surface area contributed by atoms with Crippen LogP contribution in [0.3, 0.4) is 0 Å². The van der Waals surface area contributed by atoms with E-state index in [0.717, 1.165) is 13.1 Å². The second kappa shape index (κ2) is 6.29. The largest absolute Gasteiger partial charge is 0.348 e. The fourth-order valence-electron chi connectivity index (χ4n) is 1.98. The molecule has 0 aliphatic carbocycles. The number of aromatic nitrogens is 1. The number of hydrogen-bond donors (Lipinski definition) is 1. The van der Waals surface area contributed by atoms with Gasteiger partial charge in [0.25, 0.3) is 0 Å². The summed E-state index contributed by atoms with van der Waals surface area (Å²) in [5.74, 6) is -0.259. The maximum Gasteiger partial charge on any atom is 0.242 e. The predicted molar refractivity (Wildman–Crippen MR) is 74.6 cm³/mol. The molecule has 104 valence electrons. The van der Waals surface area contributed by atoms with Crippen LogP contribution in [0.25, 0.3) is 0 Å². The van der Waals surface area contributed by atoms with Gasteiger partial charge in [-0.2, -0.15) is 0 Å². The monoisotopic (exact) mass is 330 g/mol. The number of likely N-dealkylation sites (N-methyl/N-ethyl adjacent to an activating group) is 1. The Morgan fingerprint density at radius 3 is 2.89 bits per heavy atom. The SMILES string of the molecule is CN(CC(=O)N1CCNCC1)c1ncc(Br)cc1F. The summed E-state index contributed by atoms with van der Waals surface area (Å²) in [7, 11) is 1.67. The topological polar surface area (TPSA) is 48.5 Å². The van der Waals surface area contributed by atoms with Gasteiger partial charge in [-0.25, -0.2) is 9.37 Å². The van der Waals surface area contributed by atoms with Gasteiger partial charge in [-0.3, -0.25) is 4.79 Å². The molecular formula is C12H16BrFN4O. The van der Waals surface area contributed by atoms with E-state index in [1.807, 2.05) is 0 Å². The molecule has 1 saturated heterocycles. The Labute approximate surface area is 119 Å². The molecule has 1 aromatic rings. The van der Waals surface area contributed by atoms with E-state index in [4.69, 9.17) is 0 Å². The third-order valence-corrected chi connectivity index (χ3v) is 3.43. The van der Waals surface area contributed by atoms with Crippen molar-refractivity contribution in [1.82, 2.24) is 15.2 Å². The highest BCUT2D eigenvalue weighted by Gasteiger charge is 2.19. The van der Waals surface area contributed by atoms with Crippen molar-refractivity contribution in [2.75, 3.05) is 44.7 Å². The lowest BCUT2D eigenvalue weighted by molar-refractivity contribution is -0.130. The molecule has 0 aromatic carbocycles. The molecule has 1 N–H and O–H groups in total. The molecule has 0 atom stereocenters. The molecule has 7 heteroatoms. The summed E-state index contributed by atoms with van der Waals surface area (Å²) in [6.07, 6.45) is 1.52. The summed E-state index contributed by atoms with van der Waals surface area (Å²) in [6, 6.07) is 1.34. The lowest BCUT2D eigenvalue weighted by atomic mass is 10.3. The van der Waals surface area contributed by atoms with Crippen LogP contribution in [0, 0.1) is 5.82 Å². The third kappa shape index (κ3) is 3.63. The number of hydrogen-bond acceptors (Lipinski definition) is 4. The zero-order valence-corrected chi connectivity index (χ0v) is 12.3. The van der Waals surface area contributed by atoms with Crippen molar-refractivity contribution < 1.29 is 9.18 Å². The lowest BCUT2D eigenvalue weighted by Crippen LogP contribution is -2.49. The van der Waals surface area contributed by atoms with Crippen LogP contribution in [0.5, 0.6) is 0 Å². The number of nitrogens with zero attached hydrogens (tertiary/aromatic N) is 3. The van der Waals surface area contributed by atoms with E-state index in [0.29, 0.717) is 17.6 Å². The lowest BCUT2D eigenvalue weighted by Gasteiger charge is -2.29. The van der Waals surface area contributed by atoms with E-state index < -0.39 is 5.82 Å². The maximum absolute atomic E-state index is 13.7. The van der Waals surface area contributed by atoms with E-state index in [-0.39, 0.29) is 18.3 Å². The van der Waals surface area contributed by atoms with E-state index in [9.17, 15) is 9.18 Å². The Kier molecular flexibility index (Phi) is 4.71. The summed E-state index contributed by atoms with van der Waals surface area (Å²) >= 11 is 3.16. The van der Waals surface area contributed by atoms with Gasteiger partial charge in [0.15, 0.2) is 11.6 Å². The molecular weight excluding hydrogens is 315 g/mol. The average Bonchev–Trinajstić information content (AvgIpc) is 2.39. The van der Waals surface area contributed by atoms with Gasteiger partial charge >= 0.3 is 0 Å². The Morgan fingerprint density at radius 1 is 1.58 bits per heavy atom. The minimum atomic E-state index is -0.440. The number of pyridine rings is 1. The number of nitrogens with one attached hydrogen (secondary N) is 1. The molecule has 1 aromatic heterocycles. The first-order valence-corrected chi connectivity index (χ1v) is 6.88. The summed E-state index contributed by atoms with van der Waals surface area (Å²) < 4.78 is 14.3. The third-order valence-electron chi connectivity index (χ3n) is 2.99. The van der Waals surface area contributed by atoms with Gasteiger partial charge in [0.2, 0.25) is 5.91 Å². The highest BCUT2D eigenvalue weighted by atomic mass is 79.9. The smallest absolute Gasteiger partial charge is 0.242 e. The van der Waals surface area contributed by atoms with Gasteiger partial charge in [-0.05, 0) is 22.0 Å². The molecule has 1 aliphatic rings. The zero-order valence-electron chi connectivity index (χ0n) is 10.7. The van der Waals surface area contributed by atoms with Gasteiger partial charge in [-0.15, -0.1) is 0 Å². The maximum atomic E-state index is 13.7. The van der Waals surface area contributed by atoms with E-state index in [2.05, 4.69) is 26.2 Å². The fourth-order valence-corrected chi connectivity index (χ4v) is 2.28. The van der Waals surface area contributed by atoms with Crippen LogP contribution in [0.1, 0.15) is 0 Å². The van der Waals surface area contributed by atoms with Crippen LogP contribution in [0.4, 0.5) is 10.2 Å². The van der Waals surface area contributed by atoms with Gasteiger partial charge in [0, 0.05) is 43.9 Å². The highest BCUT2D eigenvalue weighted by molar-refractivity contribution is 9.10. The van der Waals surface area contributed by atoms with E-state index in [1.54, 1.807) is 11.9 Å². The first-order valence-electron chi connectivity index (χ1n) is 6.08. The normalized spacial score (nSPS) is 15.4. The Bertz CT molecular complexity index is 465. The van der Waals surface area contributed by atoms with Crippen molar-refractivity contribution in [3.63, 3.8) is 0 Å². The van der Waals surface area contributed by atoms with Crippen LogP contribution < -0.4 is 10.2 Å². The minimum Gasteiger partial charge on any atom is -0.348 e. The first-order chi connectivity index (χ1) is 9.08. The number of rotatable bonds is 3.